The number of likely N-dealkylation sites (tertiary alicyclic amines) is 1. The number of carbonyl (C=O) groups excluding carboxylic acids is 2. The molecule has 1 amide bonds. The summed E-state index contributed by atoms with van der Waals surface area (Å²) in [4.78, 5) is 28.6. The number of aliphatic hydroxyl groups excluding tert-OH is 1. The monoisotopic (exact) mass is 467 g/mol. The van der Waals surface area contributed by atoms with E-state index in [4.69, 9.17) is 13.9 Å². The number of furan rings is 1. The molecule has 1 fully saturated rings. The summed E-state index contributed by atoms with van der Waals surface area (Å²) in [5.41, 5.74) is 1.29. The van der Waals surface area contributed by atoms with Crippen LogP contribution in [0.2, 0.25) is 0 Å². The van der Waals surface area contributed by atoms with Crippen LogP contribution in [0.4, 0.5) is 0 Å². The molecular weight excluding hydrogens is 442 g/mol. The first kappa shape index (κ1) is 22.7. The van der Waals surface area contributed by atoms with E-state index in [1.807, 2.05) is 32.2 Å². The first-order valence-electron chi connectivity index (χ1n) is 10.7. The number of carbonyl (C=O) groups is 2. The first-order chi connectivity index (χ1) is 16.0. The van der Waals surface area contributed by atoms with Gasteiger partial charge >= 0.3 is 0 Å². The molecule has 1 N–H and O–H groups in total. The van der Waals surface area contributed by atoms with Gasteiger partial charge in [0, 0.05) is 10.9 Å². The number of aliphatic hydroxyl groups is 1. The number of hydrogen-bond acceptors (Lipinski definition) is 7. The minimum absolute atomic E-state index is 0.0298. The zero-order valence-electron chi connectivity index (χ0n) is 18.7. The van der Waals surface area contributed by atoms with Gasteiger partial charge in [-0.1, -0.05) is 0 Å². The molecule has 0 spiro atoms. The molecule has 0 aliphatic carbocycles. The van der Waals surface area contributed by atoms with E-state index in [2.05, 4.69) is 0 Å². The molecule has 3 aromatic rings. The average Bonchev–Trinajstić information content (AvgIpc) is 3.51. The molecule has 1 atom stereocenters. The number of Topliss-reactive ketones (excluding diaryl/α,β-unsaturated/α-hetero) is 1. The Morgan fingerprint density at radius 2 is 1.94 bits per heavy atom. The Balaban J connectivity index is 1.87. The molecule has 1 saturated heterocycles. The van der Waals surface area contributed by atoms with Crippen molar-refractivity contribution in [3.05, 3.63) is 75.4 Å². The van der Waals surface area contributed by atoms with Crippen molar-refractivity contribution in [3.63, 3.8) is 0 Å². The molecule has 8 heteroatoms. The predicted octanol–water partition coefficient (Wildman–Crippen LogP) is 5.07. The normalized spacial score (nSPS) is 17.5. The van der Waals surface area contributed by atoms with Gasteiger partial charge in [-0.15, -0.1) is 11.3 Å². The van der Waals surface area contributed by atoms with Gasteiger partial charge in [0.1, 0.15) is 29.1 Å². The number of ketones is 1. The largest absolute Gasteiger partial charge is 0.507 e. The van der Waals surface area contributed by atoms with Crippen molar-refractivity contribution >= 4 is 28.8 Å². The third kappa shape index (κ3) is 4.26. The summed E-state index contributed by atoms with van der Waals surface area (Å²) in [6.07, 6.45) is 1.52. The highest BCUT2D eigenvalue weighted by Crippen LogP contribution is 2.44. The topological polar surface area (TPSA) is 89.2 Å². The lowest BCUT2D eigenvalue weighted by atomic mass is 9.98. The fourth-order valence-electron chi connectivity index (χ4n) is 3.93. The summed E-state index contributed by atoms with van der Waals surface area (Å²) >= 11 is 1.43. The molecule has 33 heavy (non-hydrogen) atoms. The third-order valence-corrected chi connectivity index (χ3v) is 6.49. The molecule has 1 aromatic carbocycles. The van der Waals surface area contributed by atoms with Crippen LogP contribution in [0.5, 0.6) is 11.5 Å². The Morgan fingerprint density at radius 3 is 2.58 bits per heavy atom. The molecular formula is C25H25NO6S. The molecule has 0 bridgehead atoms. The smallest absolute Gasteiger partial charge is 0.296 e. The lowest BCUT2D eigenvalue weighted by molar-refractivity contribution is -0.140. The van der Waals surface area contributed by atoms with Crippen LogP contribution < -0.4 is 9.47 Å². The fourth-order valence-corrected chi connectivity index (χ4v) is 4.97. The van der Waals surface area contributed by atoms with Crippen LogP contribution in [0.3, 0.4) is 0 Å². The SMILES string of the molecule is CCOc1ccc(/C(O)=C2\C(=O)C(=O)N(Cc3ccco3)C2c2sccc2C)c(OCC)c1. The molecule has 0 saturated carbocycles. The Bertz CT molecular complexity index is 1190. The number of ether oxygens (including phenoxy) is 2. The van der Waals surface area contributed by atoms with Crippen LogP contribution in [0, 0.1) is 6.92 Å². The van der Waals surface area contributed by atoms with Crippen molar-refractivity contribution in [3.8, 4) is 11.5 Å². The van der Waals surface area contributed by atoms with E-state index in [-0.39, 0.29) is 17.9 Å². The van der Waals surface area contributed by atoms with Crippen LogP contribution in [0.1, 0.15) is 41.7 Å². The molecule has 1 unspecified atom stereocenters. The number of thiophene rings is 1. The average molecular weight is 468 g/mol. The fraction of sp³-hybridized carbons (Fsp3) is 0.280. The number of hydrogen-bond donors (Lipinski definition) is 1. The molecule has 4 rings (SSSR count). The van der Waals surface area contributed by atoms with Gasteiger partial charge in [0.2, 0.25) is 0 Å². The summed E-state index contributed by atoms with van der Waals surface area (Å²) in [5.74, 6) is -0.198. The summed E-state index contributed by atoms with van der Waals surface area (Å²) < 4.78 is 16.7. The second-order valence-corrected chi connectivity index (χ2v) is 8.45. The quantitative estimate of drug-likeness (QED) is 0.283. The highest BCUT2D eigenvalue weighted by Gasteiger charge is 2.47. The predicted molar refractivity (Wildman–Crippen MR) is 124 cm³/mol. The van der Waals surface area contributed by atoms with Gasteiger partial charge in [-0.3, -0.25) is 9.59 Å². The lowest BCUT2D eigenvalue weighted by Crippen LogP contribution is -2.28. The number of nitrogens with zero attached hydrogens (tertiary/aromatic N) is 1. The van der Waals surface area contributed by atoms with Gasteiger partial charge < -0.3 is 23.9 Å². The minimum Gasteiger partial charge on any atom is -0.507 e. The van der Waals surface area contributed by atoms with Crippen molar-refractivity contribution < 1.29 is 28.6 Å². The Morgan fingerprint density at radius 1 is 1.15 bits per heavy atom. The van der Waals surface area contributed by atoms with Gasteiger partial charge in [-0.25, -0.2) is 0 Å². The minimum atomic E-state index is -0.742. The first-order valence-corrected chi connectivity index (χ1v) is 11.6. The summed E-state index contributed by atoms with van der Waals surface area (Å²) in [5, 5.41) is 13.3. The standard InChI is InChI=1S/C25H25NO6S/c1-4-30-16-8-9-18(19(13-16)31-5-2)22(27)20-21(24-15(3)10-12-33-24)26(25(29)23(20)28)14-17-7-6-11-32-17/h6-13,21,27H,4-5,14H2,1-3H3/b22-20+. The zero-order valence-corrected chi connectivity index (χ0v) is 19.5. The van der Waals surface area contributed by atoms with Crippen LogP contribution in [-0.2, 0) is 16.1 Å². The van der Waals surface area contributed by atoms with Crippen LogP contribution in [-0.4, -0.2) is 34.9 Å². The molecule has 172 valence electrons. The maximum atomic E-state index is 13.2. The van der Waals surface area contributed by atoms with Crippen molar-refractivity contribution in [2.24, 2.45) is 0 Å². The Kier molecular flexibility index (Phi) is 6.55. The van der Waals surface area contributed by atoms with E-state index in [1.54, 1.807) is 30.3 Å². The molecule has 0 radical (unpaired) electrons. The second-order valence-electron chi connectivity index (χ2n) is 7.50. The summed E-state index contributed by atoms with van der Waals surface area (Å²) in [6.45, 7) is 6.56. The van der Waals surface area contributed by atoms with Crippen molar-refractivity contribution in [2.75, 3.05) is 13.2 Å². The lowest BCUT2D eigenvalue weighted by Gasteiger charge is -2.24. The van der Waals surface area contributed by atoms with E-state index < -0.39 is 17.7 Å². The van der Waals surface area contributed by atoms with Gasteiger partial charge in [0.25, 0.3) is 11.7 Å². The molecule has 1 aliphatic heterocycles. The van der Waals surface area contributed by atoms with Crippen LogP contribution in [0.15, 0.2) is 58.0 Å². The highest BCUT2D eigenvalue weighted by molar-refractivity contribution is 7.10. The molecule has 3 heterocycles. The number of amides is 1. The zero-order chi connectivity index (χ0) is 23.5. The molecule has 2 aromatic heterocycles. The van der Waals surface area contributed by atoms with E-state index in [0.717, 1.165) is 10.4 Å². The Labute approximate surface area is 195 Å². The van der Waals surface area contributed by atoms with E-state index >= 15 is 0 Å². The number of rotatable bonds is 8. The van der Waals surface area contributed by atoms with Gasteiger partial charge in [0.05, 0.1) is 37.2 Å². The van der Waals surface area contributed by atoms with Gasteiger partial charge in [-0.05, 0) is 62.0 Å². The summed E-state index contributed by atoms with van der Waals surface area (Å²) in [6, 6.07) is 9.68. The van der Waals surface area contributed by atoms with Crippen LogP contribution >= 0.6 is 11.3 Å². The molecule has 1 aliphatic rings. The highest BCUT2D eigenvalue weighted by atomic mass is 32.1. The second kappa shape index (κ2) is 9.54. The van der Waals surface area contributed by atoms with Crippen molar-refractivity contribution in [1.82, 2.24) is 4.90 Å². The van der Waals surface area contributed by atoms with Crippen molar-refractivity contribution in [1.29, 1.82) is 0 Å². The van der Waals surface area contributed by atoms with Gasteiger partial charge in [-0.2, -0.15) is 0 Å². The van der Waals surface area contributed by atoms with Crippen LogP contribution in [0.25, 0.3) is 5.76 Å². The maximum absolute atomic E-state index is 13.2. The number of benzene rings is 1. The van der Waals surface area contributed by atoms with E-state index in [1.165, 1.54) is 22.5 Å². The van der Waals surface area contributed by atoms with E-state index in [9.17, 15) is 14.7 Å². The van der Waals surface area contributed by atoms with Gasteiger partial charge in [0.15, 0.2) is 0 Å². The van der Waals surface area contributed by atoms with Crippen molar-refractivity contribution in [2.45, 2.75) is 33.4 Å². The van der Waals surface area contributed by atoms with E-state index in [0.29, 0.717) is 36.0 Å². The molecule has 7 nitrogen and oxygen atoms in total. The third-order valence-electron chi connectivity index (χ3n) is 5.42. The Hall–Kier alpha value is -3.52. The number of aryl methyl sites for hydroxylation is 1. The maximum Gasteiger partial charge on any atom is 0.296 e. The summed E-state index contributed by atoms with van der Waals surface area (Å²) in [7, 11) is 0.